The number of imidazole rings is 1. The molecule has 0 bridgehead atoms. The molecule has 0 radical (unpaired) electrons. The zero-order chi connectivity index (χ0) is 17.3. The van der Waals surface area contributed by atoms with Crippen molar-refractivity contribution in [2.24, 2.45) is 7.05 Å². The van der Waals surface area contributed by atoms with Crippen LogP contribution in [0.1, 0.15) is 11.4 Å². The summed E-state index contributed by atoms with van der Waals surface area (Å²) in [5.41, 5.74) is 1.65. The van der Waals surface area contributed by atoms with Gasteiger partial charge in [-0.3, -0.25) is 4.55 Å². The lowest BCUT2D eigenvalue weighted by Crippen LogP contribution is -2.03. The monoisotopic (exact) mass is 343 g/mol. The van der Waals surface area contributed by atoms with Gasteiger partial charge in [0.1, 0.15) is 18.2 Å². The van der Waals surface area contributed by atoms with Crippen molar-refractivity contribution < 1.29 is 17.7 Å². The molecule has 24 heavy (non-hydrogen) atoms. The van der Waals surface area contributed by atoms with Crippen molar-refractivity contribution in [2.75, 3.05) is 0 Å². The molecule has 0 atom stereocenters. The lowest BCUT2D eigenvalue weighted by Gasteiger charge is -2.06. The fourth-order valence-corrected chi connectivity index (χ4v) is 2.82. The van der Waals surface area contributed by atoms with Crippen molar-refractivity contribution in [1.82, 2.24) is 9.55 Å². The molecular weight excluding hydrogens is 330 g/mol. The molecule has 0 aliphatic carbocycles. The Kier molecular flexibility index (Phi) is 3.97. The molecule has 1 heterocycles. The van der Waals surface area contributed by atoms with Gasteiger partial charge in [0.2, 0.25) is 0 Å². The first-order valence-electron chi connectivity index (χ1n) is 6.94. The van der Waals surface area contributed by atoms with Gasteiger partial charge in [0.05, 0.1) is 27.6 Å². The van der Waals surface area contributed by atoms with E-state index in [2.05, 4.69) is 4.98 Å². The number of fused-ring (bicyclic) bond motifs is 1. The average molecular weight is 343 g/mol. The van der Waals surface area contributed by atoms with Crippen LogP contribution >= 0.6 is 0 Å². The minimum atomic E-state index is -4.27. The van der Waals surface area contributed by atoms with Crippen LogP contribution < -0.4 is 4.74 Å². The van der Waals surface area contributed by atoms with Crippen molar-refractivity contribution in [3.63, 3.8) is 0 Å². The molecule has 0 saturated carbocycles. The standard InChI is InChI=1S/C16H13N3O4S/c1-19-15-6-5-13(24(20,21)22)8-14(15)18-16(19)10-23-12-4-2-3-11(7-12)9-17/h2-8H,10H2,1H3,(H,20,21,22). The molecule has 0 aliphatic rings. The summed E-state index contributed by atoms with van der Waals surface area (Å²) in [6.07, 6.45) is 0. The molecule has 1 N–H and O–H groups in total. The van der Waals surface area contributed by atoms with E-state index in [9.17, 15) is 8.42 Å². The van der Waals surface area contributed by atoms with E-state index in [1.54, 1.807) is 41.9 Å². The Morgan fingerprint density at radius 2 is 2.08 bits per heavy atom. The van der Waals surface area contributed by atoms with Gasteiger partial charge in [0, 0.05) is 7.05 Å². The van der Waals surface area contributed by atoms with Crippen molar-refractivity contribution in [3.05, 3.63) is 53.9 Å². The van der Waals surface area contributed by atoms with Gasteiger partial charge in [-0.15, -0.1) is 0 Å². The maximum atomic E-state index is 11.2. The maximum Gasteiger partial charge on any atom is 0.294 e. The van der Waals surface area contributed by atoms with Gasteiger partial charge in [-0.25, -0.2) is 4.98 Å². The number of ether oxygens (including phenoxy) is 1. The second kappa shape index (κ2) is 5.96. The Morgan fingerprint density at radius 3 is 2.79 bits per heavy atom. The summed E-state index contributed by atoms with van der Waals surface area (Å²) in [4.78, 5) is 4.14. The van der Waals surface area contributed by atoms with Crippen LogP contribution in [0.25, 0.3) is 11.0 Å². The number of aryl methyl sites for hydroxylation is 1. The summed E-state index contributed by atoms with van der Waals surface area (Å²) in [7, 11) is -2.49. The third-order valence-corrected chi connectivity index (χ3v) is 4.42. The molecule has 3 aromatic rings. The zero-order valence-corrected chi connectivity index (χ0v) is 13.5. The predicted octanol–water partition coefficient (Wildman–Crippen LogP) is 2.27. The number of rotatable bonds is 4. The number of hydrogen-bond acceptors (Lipinski definition) is 5. The van der Waals surface area contributed by atoms with Gasteiger partial charge in [0.15, 0.2) is 0 Å². The van der Waals surface area contributed by atoms with Gasteiger partial charge >= 0.3 is 0 Å². The summed E-state index contributed by atoms with van der Waals surface area (Å²) in [6.45, 7) is 0.154. The lowest BCUT2D eigenvalue weighted by atomic mass is 10.2. The van der Waals surface area contributed by atoms with E-state index >= 15 is 0 Å². The van der Waals surface area contributed by atoms with Crippen molar-refractivity contribution >= 4 is 21.2 Å². The van der Waals surface area contributed by atoms with Gasteiger partial charge in [-0.1, -0.05) is 6.07 Å². The Bertz CT molecular complexity index is 1060. The van der Waals surface area contributed by atoms with E-state index in [4.69, 9.17) is 14.6 Å². The minimum Gasteiger partial charge on any atom is -0.486 e. The van der Waals surface area contributed by atoms with Gasteiger partial charge in [-0.05, 0) is 36.4 Å². The topological polar surface area (TPSA) is 105 Å². The molecule has 3 rings (SSSR count). The van der Waals surface area contributed by atoms with E-state index < -0.39 is 10.1 Å². The number of aromatic nitrogens is 2. The molecular formula is C16H13N3O4S. The van der Waals surface area contributed by atoms with Crippen LogP contribution in [0.15, 0.2) is 47.4 Å². The maximum absolute atomic E-state index is 11.2. The van der Waals surface area contributed by atoms with E-state index in [-0.39, 0.29) is 11.5 Å². The molecule has 122 valence electrons. The molecule has 2 aromatic carbocycles. The average Bonchev–Trinajstić information content (AvgIpc) is 2.88. The fraction of sp³-hybridized carbons (Fsp3) is 0.125. The summed E-state index contributed by atoms with van der Waals surface area (Å²) in [6, 6.07) is 13.0. The van der Waals surface area contributed by atoms with E-state index in [0.717, 1.165) is 0 Å². The highest BCUT2D eigenvalue weighted by atomic mass is 32.2. The SMILES string of the molecule is Cn1c(COc2cccc(C#N)c2)nc2cc(S(=O)(=O)O)ccc21. The van der Waals surface area contributed by atoms with E-state index in [1.165, 1.54) is 12.1 Å². The number of nitrogens with zero attached hydrogens (tertiary/aromatic N) is 3. The molecule has 0 saturated heterocycles. The van der Waals surface area contributed by atoms with Gasteiger partial charge in [-0.2, -0.15) is 13.7 Å². The molecule has 0 unspecified atom stereocenters. The van der Waals surface area contributed by atoms with Crippen LogP contribution in [-0.2, 0) is 23.8 Å². The van der Waals surface area contributed by atoms with Crippen LogP contribution in [-0.4, -0.2) is 22.5 Å². The molecule has 0 spiro atoms. The lowest BCUT2D eigenvalue weighted by molar-refractivity contribution is 0.292. The molecule has 7 nitrogen and oxygen atoms in total. The Hall–Kier alpha value is -2.89. The smallest absolute Gasteiger partial charge is 0.294 e. The largest absolute Gasteiger partial charge is 0.486 e. The Morgan fingerprint density at radius 1 is 1.29 bits per heavy atom. The zero-order valence-electron chi connectivity index (χ0n) is 12.7. The van der Waals surface area contributed by atoms with Crippen molar-refractivity contribution in [1.29, 1.82) is 5.26 Å². The first-order valence-corrected chi connectivity index (χ1v) is 8.38. The van der Waals surface area contributed by atoms with Crippen LogP contribution in [0.5, 0.6) is 5.75 Å². The van der Waals surface area contributed by atoms with E-state index in [1.807, 2.05) is 6.07 Å². The van der Waals surface area contributed by atoms with Crippen LogP contribution in [0.4, 0.5) is 0 Å². The predicted molar refractivity (Wildman–Crippen MR) is 86.0 cm³/mol. The molecule has 0 amide bonds. The first-order chi connectivity index (χ1) is 11.4. The molecule has 8 heteroatoms. The van der Waals surface area contributed by atoms with E-state index in [0.29, 0.717) is 28.2 Å². The summed E-state index contributed by atoms with van der Waals surface area (Å²) in [5, 5.41) is 8.89. The van der Waals surface area contributed by atoms with Crippen LogP contribution in [0, 0.1) is 11.3 Å². The quantitative estimate of drug-likeness (QED) is 0.729. The number of benzene rings is 2. The summed E-state index contributed by atoms with van der Waals surface area (Å²) in [5.74, 6) is 1.12. The highest BCUT2D eigenvalue weighted by Gasteiger charge is 2.14. The summed E-state index contributed by atoms with van der Waals surface area (Å²) < 4.78 is 38.9. The highest BCUT2D eigenvalue weighted by Crippen LogP contribution is 2.21. The number of hydrogen-bond donors (Lipinski definition) is 1. The summed E-state index contributed by atoms with van der Waals surface area (Å²) >= 11 is 0. The minimum absolute atomic E-state index is 0.154. The third-order valence-electron chi connectivity index (χ3n) is 3.57. The Labute approximate surface area is 138 Å². The molecule has 0 fully saturated rings. The first kappa shape index (κ1) is 16.0. The third kappa shape index (κ3) is 3.08. The second-order valence-corrected chi connectivity index (χ2v) is 6.56. The molecule has 0 aliphatic heterocycles. The Balaban J connectivity index is 1.90. The fourth-order valence-electron chi connectivity index (χ4n) is 2.32. The van der Waals surface area contributed by atoms with Crippen molar-refractivity contribution in [2.45, 2.75) is 11.5 Å². The molecule has 1 aromatic heterocycles. The second-order valence-electron chi connectivity index (χ2n) is 5.14. The normalized spacial score (nSPS) is 11.4. The van der Waals surface area contributed by atoms with Crippen LogP contribution in [0.2, 0.25) is 0 Å². The van der Waals surface area contributed by atoms with Gasteiger partial charge < -0.3 is 9.30 Å². The van der Waals surface area contributed by atoms with Gasteiger partial charge in [0.25, 0.3) is 10.1 Å². The van der Waals surface area contributed by atoms with Crippen LogP contribution in [0.3, 0.4) is 0 Å². The highest BCUT2D eigenvalue weighted by molar-refractivity contribution is 7.85. The van der Waals surface area contributed by atoms with Crippen molar-refractivity contribution in [3.8, 4) is 11.8 Å². The number of nitriles is 1.